The number of nitrogens with one attached hydrogen (secondary N) is 1. The van der Waals surface area contributed by atoms with E-state index in [4.69, 9.17) is 17.0 Å². The van der Waals surface area contributed by atoms with Gasteiger partial charge in [0, 0.05) is 12.5 Å². The predicted octanol–water partition coefficient (Wildman–Crippen LogP) is 2.81. The highest BCUT2D eigenvalue weighted by Crippen LogP contribution is 2.42. The number of ether oxygens (including phenoxy) is 1. The number of methoxy groups -OCH3 is 1. The fraction of sp³-hybridized carbons (Fsp3) is 0.833. The molecule has 0 spiro atoms. The molecule has 1 aliphatic rings. The van der Waals surface area contributed by atoms with E-state index in [2.05, 4.69) is 21.7 Å². The molecule has 1 aromatic rings. The zero-order valence-corrected chi connectivity index (χ0v) is 11.5. The molecule has 1 saturated carbocycles. The second-order valence-corrected chi connectivity index (χ2v) is 5.22. The van der Waals surface area contributed by atoms with Gasteiger partial charge in [-0.25, -0.2) is 0 Å². The zero-order chi connectivity index (χ0) is 12.3. The third-order valence-corrected chi connectivity index (χ3v) is 4.30. The van der Waals surface area contributed by atoms with Crippen molar-refractivity contribution in [2.24, 2.45) is 0 Å². The molecule has 1 heterocycles. The van der Waals surface area contributed by atoms with Gasteiger partial charge in [-0.2, -0.15) is 5.10 Å². The number of hydrogen-bond donors (Lipinski definition) is 1. The molecule has 0 radical (unpaired) electrons. The maximum absolute atomic E-state index is 5.31. The van der Waals surface area contributed by atoms with Crippen LogP contribution < -0.4 is 0 Å². The van der Waals surface area contributed by atoms with E-state index in [0.29, 0.717) is 6.61 Å². The molecule has 0 unspecified atom stereocenters. The number of hydrogen-bond acceptors (Lipinski definition) is 3. The van der Waals surface area contributed by atoms with E-state index in [1.54, 1.807) is 7.11 Å². The summed E-state index contributed by atoms with van der Waals surface area (Å²) in [6, 6.07) is 0. The summed E-state index contributed by atoms with van der Waals surface area (Å²) in [6.45, 7) is 3.73. The minimum absolute atomic E-state index is 0.237. The Morgan fingerprint density at radius 2 is 2.18 bits per heavy atom. The third kappa shape index (κ3) is 2.31. The molecule has 0 aromatic carbocycles. The van der Waals surface area contributed by atoms with Crippen LogP contribution in [-0.4, -0.2) is 28.5 Å². The Kier molecular flexibility index (Phi) is 3.99. The lowest BCUT2D eigenvalue weighted by atomic mass is 9.82. The van der Waals surface area contributed by atoms with E-state index in [-0.39, 0.29) is 5.41 Å². The Bertz CT molecular complexity index is 418. The smallest absolute Gasteiger partial charge is 0.195 e. The molecular formula is C12H21N3OS. The first-order chi connectivity index (χ1) is 8.23. The quantitative estimate of drug-likeness (QED) is 0.823. The molecular weight excluding hydrogens is 234 g/mol. The Labute approximate surface area is 107 Å². The van der Waals surface area contributed by atoms with E-state index >= 15 is 0 Å². The van der Waals surface area contributed by atoms with Crippen molar-refractivity contribution in [1.29, 1.82) is 0 Å². The highest BCUT2D eigenvalue weighted by Gasteiger charge is 2.38. The van der Waals surface area contributed by atoms with Gasteiger partial charge in [-0.05, 0) is 31.5 Å². The molecule has 1 fully saturated rings. The van der Waals surface area contributed by atoms with E-state index < -0.39 is 0 Å². The molecule has 1 N–H and O–H groups in total. The van der Waals surface area contributed by atoms with Crippen molar-refractivity contribution in [3.8, 4) is 0 Å². The summed E-state index contributed by atoms with van der Waals surface area (Å²) < 4.78 is 7.98. The van der Waals surface area contributed by atoms with Gasteiger partial charge >= 0.3 is 0 Å². The van der Waals surface area contributed by atoms with Crippen LogP contribution in [0.5, 0.6) is 0 Å². The highest BCUT2D eigenvalue weighted by molar-refractivity contribution is 7.71. The van der Waals surface area contributed by atoms with Crippen LogP contribution in [0.4, 0.5) is 0 Å². The van der Waals surface area contributed by atoms with Crippen molar-refractivity contribution in [3.63, 3.8) is 0 Å². The largest absolute Gasteiger partial charge is 0.383 e. The molecule has 0 aliphatic heterocycles. The summed E-state index contributed by atoms with van der Waals surface area (Å²) in [6.07, 6.45) is 6.21. The van der Waals surface area contributed by atoms with E-state index in [9.17, 15) is 0 Å². The summed E-state index contributed by atoms with van der Waals surface area (Å²) in [5.74, 6) is 1.14. The first-order valence-corrected chi connectivity index (χ1v) is 6.79. The summed E-state index contributed by atoms with van der Waals surface area (Å²) in [5, 5.41) is 7.43. The Morgan fingerprint density at radius 3 is 2.76 bits per heavy atom. The third-order valence-electron chi connectivity index (χ3n) is 3.99. The van der Waals surface area contributed by atoms with Crippen LogP contribution in [-0.2, 0) is 16.7 Å². The average molecular weight is 255 g/mol. The minimum Gasteiger partial charge on any atom is -0.383 e. The van der Waals surface area contributed by atoms with Gasteiger partial charge in [-0.1, -0.05) is 19.8 Å². The van der Waals surface area contributed by atoms with Gasteiger partial charge in [-0.15, -0.1) is 0 Å². The van der Waals surface area contributed by atoms with Crippen molar-refractivity contribution in [1.82, 2.24) is 14.8 Å². The summed E-state index contributed by atoms with van der Waals surface area (Å²) in [7, 11) is 1.72. The fourth-order valence-corrected chi connectivity index (χ4v) is 3.12. The molecule has 96 valence electrons. The maximum Gasteiger partial charge on any atom is 0.195 e. The number of nitrogens with zero attached hydrogens (tertiary/aromatic N) is 2. The van der Waals surface area contributed by atoms with Crippen LogP contribution in [0.25, 0.3) is 0 Å². The van der Waals surface area contributed by atoms with E-state index in [0.717, 1.165) is 23.6 Å². The Balaban J connectivity index is 2.33. The lowest BCUT2D eigenvalue weighted by Gasteiger charge is -2.26. The van der Waals surface area contributed by atoms with Crippen LogP contribution in [0, 0.1) is 4.77 Å². The molecule has 0 atom stereocenters. The van der Waals surface area contributed by atoms with Crippen LogP contribution in [0.2, 0.25) is 0 Å². The molecule has 0 saturated heterocycles. The number of aromatic amines is 1. The lowest BCUT2D eigenvalue weighted by Crippen LogP contribution is -2.27. The van der Waals surface area contributed by atoms with Gasteiger partial charge < -0.3 is 9.30 Å². The first-order valence-electron chi connectivity index (χ1n) is 6.38. The monoisotopic (exact) mass is 255 g/mol. The van der Waals surface area contributed by atoms with Crippen LogP contribution >= 0.6 is 12.2 Å². The van der Waals surface area contributed by atoms with Crippen molar-refractivity contribution in [2.45, 2.75) is 51.0 Å². The zero-order valence-electron chi connectivity index (χ0n) is 10.7. The van der Waals surface area contributed by atoms with Crippen molar-refractivity contribution in [2.75, 3.05) is 13.7 Å². The minimum atomic E-state index is 0.237. The lowest BCUT2D eigenvalue weighted by molar-refractivity contribution is 0.183. The van der Waals surface area contributed by atoms with E-state index in [1.165, 1.54) is 25.7 Å². The second-order valence-electron chi connectivity index (χ2n) is 4.84. The molecule has 17 heavy (non-hydrogen) atoms. The Hall–Kier alpha value is -0.680. The molecule has 2 rings (SSSR count). The van der Waals surface area contributed by atoms with Crippen molar-refractivity contribution in [3.05, 3.63) is 10.6 Å². The van der Waals surface area contributed by atoms with Gasteiger partial charge in [0.15, 0.2) is 4.77 Å². The molecule has 0 amide bonds. The van der Waals surface area contributed by atoms with Crippen LogP contribution in [0.15, 0.2) is 0 Å². The van der Waals surface area contributed by atoms with Crippen LogP contribution in [0.1, 0.15) is 44.9 Å². The van der Waals surface area contributed by atoms with Crippen molar-refractivity contribution < 1.29 is 4.74 Å². The van der Waals surface area contributed by atoms with Gasteiger partial charge in [0.05, 0.1) is 13.2 Å². The molecule has 4 nitrogen and oxygen atoms in total. The van der Waals surface area contributed by atoms with Gasteiger partial charge in [-0.3, -0.25) is 5.10 Å². The topological polar surface area (TPSA) is 42.8 Å². The highest BCUT2D eigenvalue weighted by atomic mass is 32.1. The second kappa shape index (κ2) is 5.31. The SMILES string of the molecule is CCC1(c2n[nH]c(=S)n2CCOC)CCCC1. The van der Waals surface area contributed by atoms with Gasteiger partial charge in [0.1, 0.15) is 5.82 Å². The van der Waals surface area contributed by atoms with E-state index in [1.807, 2.05) is 0 Å². The van der Waals surface area contributed by atoms with Crippen molar-refractivity contribution >= 4 is 12.2 Å². The fourth-order valence-electron chi connectivity index (χ4n) is 2.90. The first kappa shape index (κ1) is 12.8. The number of H-pyrrole nitrogens is 1. The molecule has 0 bridgehead atoms. The molecule has 5 heteroatoms. The predicted molar refractivity (Wildman–Crippen MR) is 69.7 cm³/mol. The van der Waals surface area contributed by atoms with Crippen LogP contribution in [0.3, 0.4) is 0 Å². The maximum atomic E-state index is 5.31. The summed E-state index contributed by atoms with van der Waals surface area (Å²) >= 11 is 5.31. The average Bonchev–Trinajstić information content (AvgIpc) is 2.94. The van der Waals surface area contributed by atoms with Gasteiger partial charge in [0.25, 0.3) is 0 Å². The molecule has 1 aliphatic carbocycles. The Morgan fingerprint density at radius 1 is 1.47 bits per heavy atom. The summed E-state index contributed by atoms with van der Waals surface area (Å²) in [5.41, 5.74) is 0.237. The number of rotatable bonds is 5. The number of aromatic nitrogens is 3. The standard InChI is InChI=1S/C12H21N3OS/c1-3-12(6-4-5-7-12)10-13-14-11(17)15(10)8-9-16-2/h3-9H2,1-2H3,(H,14,17). The van der Waals surface area contributed by atoms with Gasteiger partial charge in [0.2, 0.25) is 0 Å². The summed E-state index contributed by atoms with van der Waals surface area (Å²) in [4.78, 5) is 0. The molecule has 1 aromatic heterocycles. The normalized spacial score (nSPS) is 18.7.